The molecule has 0 aliphatic carbocycles. The number of hydrogen-bond acceptors (Lipinski definition) is 4. The summed E-state index contributed by atoms with van der Waals surface area (Å²) in [6.45, 7) is 6.44. The Bertz CT molecular complexity index is 1010. The van der Waals surface area contributed by atoms with E-state index >= 15 is 0 Å². The summed E-state index contributed by atoms with van der Waals surface area (Å²) in [7, 11) is 0. The lowest BCUT2D eigenvalue weighted by molar-refractivity contribution is -0.120. The molecule has 6 heteroatoms. The van der Waals surface area contributed by atoms with E-state index in [1.165, 1.54) is 4.90 Å². The number of piperidine rings is 1. The Labute approximate surface area is 188 Å². The topological polar surface area (TPSA) is 49.9 Å². The van der Waals surface area contributed by atoms with E-state index < -0.39 is 0 Å². The van der Waals surface area contributed by atoms with Crippen molar-refractivity contribution < 1.29 is 14.3 Å². The van der Waals surface area contributed by atoms with Gasteiger partial charge in [-0.3, -0.25) is 9.59 Å². The van der Waals surface area contributed by atoms with E-state index in [0.717, 1.165) is 43.7 Å². The molecule has 2 aromatic rings. The molecular formula is C25H27ClN2O3. The summed E-state index contributed by atoms with van der Waals surface area (Å²) in [5.41, 5.74) is 2.14. The average Bonchev–Trinajstić information content (AvgIpc) is 3.03. The van der Waals surface area contributed by atoms with Crippen molar-refractivity contribution in [3.05, 3.63) is 64.8 Å². The number of benzene rings is 2. The molecule has 0 bridgehead atoms. The van der Waals surface area contributed by atoms with E-state index in [-0.39, 0.29) is 11.8 Å². The molecule has 2 heterocycles. The molecule has 0 unspecified atom stereocenters. The normalized spacial score (nSPS) is 17.6. The van der Waals surface area contributed by atoms with Crippen LogP contribution in [0.5, 0.6) is 5.75 Å². The average molecular weight is 439 g/mol. The largest absolute Gasteiger partial charge is 0.494 e. The lowest BCUT2D eigenvalue weighted by Gasteiger charge is -2.32. The first-order valence-corrected chi connectivity index (χ1v) is 11.2. The number of ether oxygens (including phenoxy) is 1. The van der Waals surface area contributed by atoms with Crippen molar-refractivity contribution in [3.8, 4) is 5.75 Å². The van der Waals surface area contributed by atoms with Gasteiger partial charge in [0.15, 0.2) is 0 Å². The molecular weight excluding hydrogens is 412 g/mol. The van der Waals surface area contributed by atoms with Crippen LogP contribution in [-0.2, 0) is 9.59 Å². The first-order chi connectivity index (χ1) is 15.0. The van der Waals surface area contributed by atoms with Crippen molar-refractivity contribution in [1.29, 1.82) is 0 Å². The summed E-state index contributed by atoms with van der Waals surface area (Å²) in [4.78, 5) is 30.4. The number of nitrogens with zero attached hydrogens (tertiary/aromatic N) is 2. The number of rotatable bonds is 6. The number of likely N-dealkylation sites (tertiary alicyclic amines) is 1. The molecule has 0 radical (unpaired) electrons. The maximum atomic E-state index is 13.5. The summed E-state index contributed by atoms with van der Waals surface area (Å²) in [6, 6.07) is 14.3. The van der Waals surface area contributed by atoms with Gasteiger partial charge >= 0.3 is 0 Å². The zero-order valence-electron chi connectivity index (χ0n) is 17.9. The Hall–Kier alpha value is -2.79. The molecule has 2 aromatic carbocycles. The maximum absolute atomic E-state index is 13.5. The predicted octanol–water partition coefficient (Wildman–Crippen LogP) is 5.15. The monoisotopic (exact) mass is 438 g/mol. The van der Waals surface area contributed by atoms with E-state index in [1.54, 1.807) is 24.3 Å². The molecule has 0 saturated carbocycles. The van der Waals surface area contributed by atoms with Gasteiger partial charge < -0.3 is 9.64 Å². The first kappa shape index (κ1) is 21.4. The minimum atomic E-state index is -0.317. The zero-order valence-corrected chi connectivity index (χ0v) is 18.7. The molecule has 2 aliphatic rings. The first-order valence-electron chi connectivity index (χ1n) is 10.9. The standard InChI is InChI=1S/C25H27ClN2O3/c1-3-15-31-21-9-7-18(8-10-21)22-23(27-13-11-17(2)12-14-27)25(30)28(24(22)29)20-6-4-5-19(26)16-20/h4-10,16-17H,3,11-15H2,1-2H3. The van der Waals surface area contributed by atoms with Crippen LogP contribution in [0.1, 0.15) is 38.7 Å². The minimum Gasteiger partial charge on any atom is -0.494 e. The van der Waals surface area contributed by atoms with E-state index in [2.05, 4.69) is 18.7 Å². The van der Waals surface area contributed by atoms with Crippen LogP contribution in [-0.4, -0.2) is 36.4 Å². The highest BCUT2D eigenvalue weighted by atomic mass is 35.5. The van der Waals surface area contributed by atoms with Crippen LogP contribution < -0.4 is 9.64 Å². The van der Waals surface area contributed by atoms with Crippen molar-refractivity contribution in [2.24, 2.45) is 5.92 Å². The van der Waals surface area contributed by atoms with Crippen molar-refractivity contribution in [2.45, 2.75) is 33.1 Å². The third-order valence-electron chi connectivity index (χ3n) is 5.84. The van der Waals surface area contributed by atoms with Gasteiger partial charge in [0.25, 0.3) is 11.8 Å². The number of halogens is 1. The summed E-state index contributed by atoms with van der Waals surface area (Å²) in [6.07, 6.45) is 2.92. The molecule has 4 rings (SSSR count). The van der Waals surface area contributed by atoms with Gasteiger partial charge in [0.05, 0.1) is 17.9 Å². The summed E-state index contributed by atoms with van der Waals surface area (Å²) in [5.74, 6) is 0.765. The molecule has 2 amide bonds. The Morgan fingerprint density at radius 3 is 2.39 bits per heavy atom. The smallest absolute Gasteiger partial charge is 0.282 e. The Kier molecular flexibility index (Phi) is 6.33. The van der Waals surface area contributed by atoms with E-state index in [9.17, 15) is 9.59 Å². The van der Waals surface area contributed by atoms with Gasteiger partial charge in [0.2, 0.25) is 0 Å². The quantitative estimate of drug-likeness (QED) is 0.585. The van der Waals surface area contributed by atoms with E-state index in [4.69, 9.17) is 16.3 Å². The second-order valence-corrected chi connectivity index (χ2v) is 8.63. The van der Waals surface area contributed by atoms with Crippen LogP contribution in [0.4, 0.5) is 5.69 Å². The predicted molar refractivity (Wildman–Crippen MR) is 123 cm³/mol. The SMILES string of the molecule is CCCOc1ccc(C2=C(N3CCC(C)CC3)C(=O)N(c3cccc(Cl)c3)C2=O)cc1. The van der Waals surface area contributed by atoms with Crippen LogP contribution in [0.15, 0.2) is 54.2 Å². The molecule has 0 spiro atoms. The van der Waals surface area contributed by atoms with Gasteiger partial charge in [0.1, 0.15) is 11.4 Å². The summed E-state index contributed by atoms with van der Waals surface area (Å²) >= 11 is 6.15. The number of amides is 2. The molecule has 31 heavy (non-hydrogen) atoms. The zero-order chi connectivity index (χ0) is 22.0. The number of anilines is 1. The van der Waals surface area contributed by atoms with Gasteiger partial charge in [-0.05, 0) is 61.1 Å². The van der Waals surface area contributed by atoms with Crippen LogP contribution in [0.2, 0.25) is 5.02 Å². The highest BCUT2D eigenvalue weighted by Gasteiger charge is 2.43. The minimum absolute atomic E-state index is 0.289. The fraction of sp³-hybridized carbons (Fsp3) is 0.360. The van der Waals surface area contributed by atoms with Crippen LogP contribution >= 0.6 is 11.6 Å². The Morgan fingerprint density at radius 1 is 1.03 bits per heavy atom. The summed E-state index contributed by atoms with van der Waals surface area (Å²) < 4.78 is 5.68. The lowest BCUT2D eigenvalue weighted by atomic mass is 9.97. The van der Waals surface area contributed by atoms with Crippen molar-refractivity contribution in [3.63, 3.8) is 0 Å². The molecule has 162 valence electrons. The molecule has 5 nitrogen and oxygen atoms in total. The second-order valence-electron chi connectivity index (χ2n) is 8.19. The number of imide groups is 1. The molecule has 0 aromatic heterocycles. The van der Waals surface area contributed by atoms with Crippen LogP contribution in [0.3, 0.4) is 0 Å². The Morgan fingerprint density at radius 2 is 1.74 bits per heavy atom. The molecule has 0 N–H and O–H groups in total. The third-order valence-corrected chi connectivity index (χ3v) is 6.08. The maximum Gasteiger partial charge on any atom is 0.282 e. The third kappa shape index (κ3) is 4.33. The number of carbonyl (C=O) groups is 2. The van der Waals surface area contributed by atoms with Crippen molar-refractivity contribution in [2.75, 3.05) is 24.6 Å². The molecule has 2 aliphatic heterocycles. The van der Waals surface area contributed by atoms with E-state index in [1.807, 2.05) is 24.3 Å². The molecule has 0 atom stereocenters. The highest BCUT2D eigenvalue weighted by molar-refractivity contribution is 6.45. The lowest BCUT2D eigenvalue weighted by Crippen LogP contribution is -2.38. The number of hydrogen-bond donors (Lipinski definition) is 0. The van der Waals surface area contributed by atoms with Gasteiger partial charge in [-0.1, -0.05) is 43.6 Å². The van der Waals surface area contributed by atoms with Crippen LogP contribution in [0.25, 0.3) is 5.57 Å². The van der Waals surface area contributed by atoms with Gasteiger partial charge in [-0.15, -0.1) is 0 Å². The fourth-order valence-electron chi connectivity index (χ4n) is 4.09. The van der Waals surface area contributed by atoms with Gasteiger partial charge in [-0.25, -0.2) is 4.90 Å². The second kappa shape index (κ2) is 9.15. The van der Waals surface area contributed by atoms with Gasteiger partial charge in [-0.2, -0.15) is 0 Å². The fourth-order valence-corrected chi connectivity index (χ4v) is 4.28. The van der Waals surface area contributed by atoms with Crippen molar-refractivity contribution in [1.82, 2.24) is 4.90 Å². The molecule has 1 saturated heterocycles. The molecule has 1 fully saturated rings. The highest BCUT2D eigenvalue weighted by Crippen LogP contribution is 2.37. The number of carbonyl (C=O) groups excluding carboxylic acids is 2. The Balaban J connectivity index is 1.74. The summed E-state index contributed by atoms with van der Waals surface area (Å²) in [5, 5.41) is 0.484. The van der Waals surface area contributed by atoms with Crippen molar-refractivity contribution >= 4 is 34.7 Å². The van der Waals surface area contributed by atoms with E-state index in [0.29, 0.717) is 34.5 Å². The van der Waals surface area contributed by atoms with Crippen LogP contribution in [0, 0.1) is 5.92 Å². The van der Waals surface area contributed by atoms with Gasteiger partial charge in [0, 0.05) is 18.1 Å².